The molecule has 0 unspecified atom stereocenters. The molecular formula is C13H16O5. The Morgan fingerprint density at radius 2 is 2.22 bits per heavy atom. The van der Waals surface area contributed by atoms with E-state index in [1.54, 1.807) is 0 Å². The van der Waals surface area contributed by atoms with Crippen molar-refractivity contribution in [3.63, 3.8) is 0 Å². The Bertz CT molecular complexity index is 456. The largest absolute Gasteiger partial charge is 0.469 e. The van der Waals surface area contributed by atoms with Crippen molar-refractivity contribution in [1.29, 1.82) is 0 Å². The molecule has 0 aromatic heterocycles. The van der Waals surface area contributed by atoms with Gasteiger partial charge in [-0.25, -0.2) is 0 Å². The van der Waals surface area contributed by atoms with Gasteiger partial charge in [0.05, 0.1) is 12.7 Å². The predicted molar refractivity (Wildman–Crippen MR) is 60.5 cm³/mol. The summed E-state index contributed by atoms with van der Waals surface area (Å²) in [5.74, 6) is -1.96. The Morgan fingerprint density at radius 1 is 1.50 bits per heavy atom. The maximum absolute atomic E-state index is 12.0. The summed E-state index contributed by atoms with van der Waals surface area (Å²) in [5, 5.41) is 0. The predicted octanol–water partition coefficient (Wildman–Crippen LogP) is 0.825. The van der Waals surface area contributed by atoms with Crippen LogP contribution in [-0.4, -0.2) is 36.4 Å². The van der Waals surface area contributed by atoms with Crippen LogP contribution >= 0.6 is 0 Å². The molecule has 0 radical (unpaired) electrons. The van der Waals surface area contributed by atoms with Crippen LogP contribution in [0, 0.1) is 11.8 Å². The van der Waals surface area contributed by atoms with Crippen LogP contribution in [0.3, 0.4) is 0 Å². The standard InChI is InChI=1S/C13H16O5/c1-4-7-13-6-5-12(2,18-13)8(10(14)16-3)9(13)11(15)17-7/h5-9H,4H2,1-3H3/t7-,8+,9+,12-,13-/m1/s1. The first-order chi connectivity index (χ1) is 8.48. The van der Waals surface area contributed by atoms with Gasteiger partial charge in [-0.2, -0.15) is 0 Å². The van der Waals surface area contributed by atoms with E-state index in [2.05, 4.69) is 0 Å². The molecular weight excluding hydrogens is 236 g/mol. The number of esters is 2. The molecule has 3 heterocycles. The zero-order chi connectivity index (χ0) is 13.1. The molecule has 5 nitrogen and oxygen atoms in total. The Kier molecular flexibility index (Phi) is 2.18. The highest BCUT2D eigenvalue weighted by molar-refractivity contribution is 5.88. The van der Waals surface area contributed by atoms with Crippen LogP contribution in [0.1, 0.15) is 20.3 Å². The average molecular weight is 252 g/mol. The van der Waals surface area contributed by atoms with Crippen molar-refractivity contribution in [1.82, 2.24) is 0 Å². The zero-order valence-electron chi connectivity index (χ0n) is 10.6. The lowest BCUT2D eigenvalue weighted by atomic mass is 9.70. The van der Waals surface area contributed by atoms with Crippen LogP contribution in [0.2, 0.25) is 0 Å². The molecule has 0 amide bonds. The minimum absolute atomic E-state index is 0.317. The van der Waals surface area contributed by atoms with Crippen LogP contribution in [0.25, 0.3) is 0 Å². The summed E-state index contributed by atoms with van der Waals surface area (Å²) in [6.07, 6.45) is 4.09. The first kappa shape index (κ1) is 11.7. The number of fused-ring (bicyclic) bond motifs is 1. The molecule has 1 spiro atoms. The zero-order valence-corrected chi connectivity index (χ0v) is 10.6. The fraction of sp³-hybridized carbons (Fsp3) is 0.692. The molecule has 3 rings (SSSR count). The molecule has 3 aliphatic rings. The maximum atomic E-state index is 12.0. The maximum Gasteiger partial charge on any atom is 0.313 e. The normalized spacial score (nSPS) is 48.2. The van der Waals surface area contributed by atoms with Gasteiger partial charge in [-0.3, -0.25) is 9.59 Å². The molecule has 0 aromatic rings. The number of carbonyl (C=O) groups excluding carboxylic acids is 2. The summed E-state index contributed by atoms with van der Waals surface area (Å²) in [6, 6.07) is 0. The number of ether oxygens (including phenoxy) is 3. The minimum atomic E-state index is -0.778. The van der Waals surface area contributed by atoms with Crippen molar-refractivity contribution < 1.29 is 23.8 Å². The monoisotopic (exact) mass is 252 g/mol. The van der Waals surface area contributed by atoms with Crippen molar-refractivity contribution in [3.05, 3.63) is 12.2 Å². The smallest absolute Gasteiger partial charge is 0.313 e. The molecule has 0 N–H and O–H groups in total. The van der Waals surface area contributed by atoms with Gasteiger partial charge < -0.3 is 14.2 Å². The first-order valence-corrected chi connectivity index (χ1v) is 6.17. The van der Waals surface area contributed by atoms with E-state index in [1.807, 2.05) is 26.0 Å². The number of methoxy groups -OCH3 is 1. The van der Waals surface area contributed by atoms with Crippen molar-refractivity contribution in [2.75, 3.05) is 7.11 Å². The number of hydrogen-bond acceptors (Lipinski definition) is 5. The Morgan fingerprint density at radius 3 is 2.83 bits per heavy atom. The molecule has 18 heavy (non-hydrogen) atoms. The molecule has 3 aliphatic heterocycles. The van der Waals surface area contributed by atoms with Crippen LogP contribution < -0.4 is 0 Å². The van der Waals surface area contributed by atoms with E-state index < -0.39 is 29.0 Å². The van der Waals surface area contributed by atoms with Gasteiger partial charge in [0.15, 0.2) is 0 Å². The fourth-order valence-corrected chi connectivity index (χ4v) is 3.57. The number of hydrogen-bond donors (Lipinski definition) is 0. The SMILES string of the molecule is CC[C@H]1OC(=O)[C@@H]2[C@@H](C(=O)OC)[C@@]3(C)C=C[C@]21O3. The van der Waals surface area contributed by atoms with E-state index in [0.29, 0.717) is 6.42 Å². The highest BCUT2D eigenvalue weighted by Gasteiger charge is 2.74. The number of rotatable bonds is 2. The van der Waals surface area contributed by atoms with Crippen molar-refractivity contribution in [2.24, 2.45) is 11.8 Å². The van der Waals surface area contributed by atoms with Gasteiger partial charge in [0.2, 0.25) is 0 Å². The van der Waals surface area contributed by atoms with E-state index in [9.17, 15) is 9.59 Å². The summed E-state index contributed by atoms with van der Waals surface area (Å²) in [5.41, 5.74) is -1.54. The third kappa shape index (κ3) is 1.11. The summed E-state index contributed by atoms with van der Waals surface area (Å²) >= 11 is 0. The van der Waals surface area contributed by atoms with Gasteiger partial charge in [-0.1, -0.05) is 13.0 Å². The topological polar surface area (TPSA) is 61.8 Å². The fourth-order valence-electron chi connectivity index (χ4n) is 3.57. The van der Waals surface area contributed by atoms with E-state index in [-0.39, 0.29) is 12.1 Å². The molecule has 0 saturated carbocycles. The van der Waals surface area contributed by atoms with Crippen molar-refractivity contribution in [3.8, 4) is 0 Å². The van der Waals surface area contributed by atoms with E-state index in [0.717, 1.165) is 0 Å². The van der Waals surface area contributed by atoms with Crippen LogP contribution in [-0.2, 0) is 23.8 Å². The van der Waals surface area contributed by atoms with Gasteiger partial charge in [-0.05, 0) is 19.4 Å². The van der Waals surface area contributed by atoms with Gasteiger partial charge in [0.1, 0.15) is 23.5 Å². The molecule has 5 heteroatoms. The number of cyclic esters (lactones) is 1. The lowest BCUT2D eigenvalue weighted by molar-refractivity contribution is -0.160. The Hall–Kier alpha value is -1.36. The van der Waals surface area contributed by atoms with Gasteiger partial charge in [0.25, 0.3) is 0 Å². The Labute approximate surface area is 105 Å². The average Bonchev–Trinajstić information content (AvgIpc) is 2.92. The van der Waals surface area contributed by atoms with Crippen molar-refractivity contribution >= 4 is 11.9 Å². The highest BCUT2D eigenvalue weighted by Crippen LogP contribution is 2.59. The van der Waals surface area contributed by atoms with Gasteiger partial charge in [-0.15, -0.1) is 0 Å². The molecule has 2 bridgehead atoms. The third-order valence-corrected chi connectivity index (χ3v) is 4.35. The molecule has 0 aromatic carbocycles. The molecule has 98 valence electrons. The van der Waals surface area contributed by atoms with E-state index in [4.69, 9.17) is 14.2 Å². The lowest BCUT2D eigenvalue weighted by Gasteiger charge is -2.25. The molecule has 2 saturated heterocycles. The van der Waals surface area contributed by atoms with E-state index >= 15 is 0 Å². The van der Waals surface area contributed by atoms with Crippen LogP contribution in [0.4, 0.5) is 0 Å². The first-order valence-electron chi connectivity index (χ1n) is 6.17. The minimum Gasteiger partial charge on any atom is -0.469 e. The van der Waals surface area contributed by atoms with Gasteiger partial charge >= 0.3 is 11.9 Å². The van der Waals surface area contributed by atoms with Gasteiger partial charge in [0, 0.05) is 0 Å². The van der Waals surface area contributed by atoms with Crippen molar-refractivity contribution in [2.45, 2.75) is 37.6 Å². The summed E-state index contributed by atoms with van der Waals surface area (Å²) < 4.78 is 16.2. The Balaban J connectivity index is 2.09. The third-order valence-electron chi connectivity index (χ3n) is 4.35. The lowest BCUT2D eigenvalue weighted by Crippen LogP contribution is -2.43. The summed E-state index contributed by atoms with van der Waals surface area (Å²) in [4.78, 5) is 24.0. The highest BCUT2D eigenvalue weighted by atomic mass is 16.6. The summed E-state index contributed by atoms with van der Waals surface area (Å²) in [6.45, 7) is 3.76. The quantitative estimate of drug-likeness (QED) is 0.538. The molecule has 5 atom stereocenters. The molecule has 2 fully saturated rings. The summed E-state index contributed by atoms with van der Waals surface area (Å²) in [7, 11) is 1.33. The number of carbonyl (C=O) groups is 2. The van der Waals surface area contributed by atoms with E-state index in [1.165, 1.54) is 7.11 Å². The van der Waals surface area contributed by atoms with Crippen LogP contribution in [0.15, 0.2) is 12.2 Å². The second kappa shape index (κ2) is 3.35. The van der Waals surface area contributed by atoms with Crippen LogP contribution in [0.5, 0.6) is 0 Å². The molecule has 0 aliphatic carbocycles. The second-order valence-corrected chi connectivity index (χ2v) is 5.29. The second-order valence-electron chi connectivity index (χ2n) is 5.29.